The molecule has 1 heterocycles. The van der Waals surface area contributed by atoms with Crippen LogP contribution in [0.3, 0.4) is 0 Å². The lowest BCUT2D eigenvalue weighted by molar-refractivity contribution is -0.111. The molecule has 2 amide bonds. The number of carbonyl (C=O) groups excluding carboxylic acids is 2. The average molecular weight is 339 g/mol. The maximum Gasteiger partial charge on any atom is 0.252 e. The number of ether oxygens (including phenoxy) is 1. The van der Waals surface area contributed by atoms with Gasteiger partial charge in [-0.1, -0.05) is 0 Å². The van der Waals surface area contributed by atoms with Crippen molar-refractivity contribution in [2.45, 2.75) is 13.8 Å². The Morgan fingerprint density at radius 2 is 2.04 bits per heavy atom. The van der Waals surface area contributed by atoms with Crippen LogP contribution in [0.15, 0.2) is 42.7 Å². The van der Waals surface area contributed by atoms with Gasteiger partial charge in [0.1, 0.15) is 5.75 Å². The Balaban J connectivity index is 2.03. The smallest absolute Gasteiger partial charge is 0.252 e. The van der Waals surface area contributed by atoms with Gasteiger partial charge < -0.3 is 15.4 Å². The van der Waals surface area contributed by atoms with Crippen molar-refractivity contribution < 1.29 is 14.3 Å². The zero-order valence-electron chi connectivity index (χ0n) is 14.5. The first-order valence-electron chi connectivity index (χ1n) is 7.93. The van der Waals surface area contributed by atoms with Gasteiger partial charge in [0.15, 0.2) is 0 Å². The molecule has 0 aliphatic rings. The number of aryl methyl sites for hydroxylation is 1. The summed E-state index contributed by atoms with van der Waals surface area (Å²) in [7, 11) is 1.55. The topological polar surface area (TPSA) is 80.3 Å². The van der Waals surface area contributed by atoms with Gasteiger partial charge in [0.2, 0.25) is 5.91 Å². The molecule has 0 bridgehead atoms. The van der Waals surface area contributed by atoms with Crippen LogP contribution in [0, 0.1) is 6.92 Å². The molecule has 25 heavy (non-hydrogen) atoms. The third kappa shape index (κ3) is 5.17. The quantitative estimate of drug-likeness (QED) is 0.793. The lowest BCUT2D eigenvalue weighted by Gasteiger charge is -2.09. The van der Waals surface area contributed by atoms with Crippen molar-refractivity contribution in [1.29, 1.82) is 0 Å². The SMILES string of the molecule is CCOc1ccc(NC(=O)C=Cc2cncc(C(=O)NC)c2)cc1C. The summed E-state index contributed by atoms with van der Waals surface area (Å²) in [6.45, 7) is 4.44. The zero-order valence-corrected chi connectivity index (χ0v) is 14.5. The summed E-state index contributed by atoms with van der Waals surface area (Å²) in [5, 5.41) is 5.32. The van der Waals surface area contributed by atoms with Crippen LogP contribution in [-0.4, -0.2) is 30.5 Å². The van der Waals surface area contributed by atoms with Crippen molar-refractivity contribution in [3.05, 3.63) is 59.4 Å². The molecule has 2 N–H and O–H groups in total. The molecule has 1 aromatic carbocycles. The van der Waals surface area contributed by atoms with E-state index in [0.29, 0.717) is 23.4 Å². The lowest BCUT2D eigenvalue weighted by atomic mass is 10.2. The van der Waals surface area contributed by atoms with Gasteiger partial charge in [0, 0.05) is 31.2 Å². The number of nitrogens with one attached hydrogen (secondary N) is 2. The minimum atomic E-state index is -0.270. The first-order chi connectivity index (χ1) is 12.0. The number of aromatic nitrogens is 1. The van der Waals surface area contributed by atoms with Crippen LogP contribution in [0.2, 0.25) is 0 Å². The standard InChI is InChI=1S/C19H21N3O3/c1-4-25-17-7-6-16(9-13(17)2)22-18(23)8-5-14-10-15(12-21-11-14)19(24)20-3/h5-12H,4H2,1-3H3,(H,20,24)(H,22,23). The van der Waals surface area contributed by atoms with Gasteiger partial charge in [0.05, 0.1) is 12.2 Å². The second-order valence-corrected chi connectivity index (χ2v) is 5.32. The number of nitrogens with zero attached hydrogens (tertiary/aromatic N) is 1. The van der Waals surface area contributed by atoms with Crippen LogP contribution >= 0.6 is 0 Å². The van der Waals surface area contributed by atoms with Crippen molar-refractivity contribution in [3.8, 4) is 5.75 Å². The number of hydrogen-bond donors (Lipinski definition) is 2. The van der Waals surface area contributed by atoms with Gasteiger partial charge in [0.25, 0.3) is 5.91 Å². The molecular formula is C19H21N3O3. The van der Waals surface area contributed by atoms with Gasteiger partial charge in [-0.3, -0.25) is 14.6 Å². The molecule has 0 saturated carbocycles. The van der Waals surface area contributed by atoms with Crippen LogP contribution in [-0.2, 0) is 4.79 Å². The van der Waals surface area contributed by atoms with Crippen LogP contribution in [0.4, 0.5) is 5.69 Å². The van der Waals surface area contributed by atoms with E-state index in [1.54, 1.807) is 31.5 Å². The minimum Gasteiger partial charge on any atom is -0.494 e. The largest absolute Gasteiger partial charge is 0.494 e. The Labute approximate surface area is 146 Å². The van der Waals surface area contributed by atoms with E-state index in [1.807, 2.05) is 26.0 Å². The number of anilines is 1. The zero-order chi connectivity index (χ0) is 18.2. The molecule has 6 nitrogen and oxygen atoms in total. The summed E-state index contributed by atoms with van der Waals surface area (Å²) in [6, 6.07) is 7.13. The molecule has 6 heteroatoms. The van der Waals surface area contributed by atoms with E-state index >= 15 is 0 Å². The van der Waals surface area contributed by atoms with Gasteiger partial charge in [-0.15, -0.1) is 0 Å². The molecule has 0 atom stereocenters. The summed E-state index contributed by atoms with van der Waals surface area (Å²) in [5.41, 5.74) is 2.74. The maximum absolute atomic E-state index is 12.1. The lowest BCUT2D eigenvalue weighted by Crippen LogP contribution is -2.17. The molecule has 0 fully saturated rings. The van der Waals surface area contributed by atoms with E-state index in [0.717, 1.165) is 11.3 Å². The number of benzene rings is 1. The van der Waals surface area contributed by atoms with E-state index < -0.39 is 0 Å². The van der Waals surface area contributed by atoms with Gasteiger partial charge in [-0.2, -0.15) is 0 Å². The van der Waals surface area contributed by atoms with Crippen LogP contribution in [0.1, 0.15) is 28.4 Å². The Morgan fingerprint density at radius 3 is 2.72 bits per heavy atom. The summed E-state index contributed by atoms with van der Waals surface area (Å²) in [6.07, 6.45) is 6.06. The first kappa shape index (κ1) is 18.2. The molecule has 0 aliphatic heterocycles. The fourth-order valence-electron chi connectivity index (χ4n) is 2.22. The molecule has 130 valence electrons. The molecule has 2 aromatic rings. The van der Waals surface area contributed by atoms with Crippen LogP contribution < -0.4 is 15.4 Å². The Hall–Kier alpha value is -3.15. The fraction of sp³-hybridized carbons (Fsp3) is 0.211. The fourth-order valence-corrected chi connectivity index (χ4v) is 2.22. The van der Waals surface area contributed by atoms with Gasteiger partial charge in [-0.25, -0.2) is 0 Å². The number of rotatable bonds is 6. The predicted octanol–water partition coefficient (Wildman–Crippen LogP) is 2.80. The van der Waals surface area contributed by atoms with Crippen molar-refractivity contribution in [1.82, 2.24) is 10.3 Å². The second kappa shape index (κ2) is 8.63. The normalized spacial score (nSPS) is 10.5. The van der Waals surface area contributed by atoms with Gasteiger partial charge in [-0.05, 0) is 55.3 Å². The summed E-state index contributed by atoms with van der Waals surface area (Å²) >= 11 is 0. The molecular weight excluding hydrogens is 318 g/mol. The third-order valence-electron chi connectivity index (χ3n) is 3.42. The number of carbonyl (C=O) groups is 2. The van der Waals surface area contributed by atoms with E-state index in [9.17, 15) is 9.59 Å². The first-order valence-corrected chi connectivity index (χ1v) is 7.93. The highest BCUT2D eigenvalue weighted by Crippen LogP contribution is 2.21. The maximum atomic E-state index is 12.1. The molecule has 2 rings (SSSR count). The van der Waals surface area contributed by atoms with E-state index in [1.165, 1.54) is 12.3 Å². The number of amides is 2. The summed E-state index contributed by atoms with van der Waals surface area (Å²) in [4.78, 5) is 27.6. The highest BCUT2D eigenvalue weighted by atomic mass is 16.5. The monoisotopic (exact) mass is 339 g/mol. The van der Waals surface area contributed by atoms with Crippen molar-refractivity contribution in [2.75, 3.05) is 19.0 Å². The second-order valence-electron chi connectivity index (χ2n) is 5.32. The van der Waals surface area contributed by atoms with Crippen LogP contribution in [0.25, 0.3) is 6.08 Å². The minimum absolute atomic E-state index is 0.225. The molecule has 0 radical (unpaired) electrons. The van der Waals surface area contributed by atoms with Crippen LogP contribution in [0.5, 0.6) is 5.75 Å². The summed E-state index contributed by atoms with van der Waals surface area (Å²) < 4.78 is 5.48. The van der Waals surface area contributed by atoms with Crippen molar-refractivity contribution in [3.63, 3.8) is 0 Å². The molecule has 0 spiro atoms. The van der Waals surface area contributed by atoms with E-state index in [-0.39, 0.29) is 11.8 Å². The third-order valence-corrected chi connectivity index (χ3v) is 3.42. The number of hydrogen-bond acceptors (Lipinski definition) is 4. The Kier molecular flexibility index (Phi) is 6.28. The van der Waals surface area contributed by atoms with E-state index in [2.05, 4.69) is 15.6 Å². The van der Waals surface area contributed by atoms with E-state index in [4.69, 9.17) is 4.74 Å². The Morgan fingerprint density at radius 1 is 1.24 bits per heavy atom. The van der Waals surface area contributed by atoms with Crippen molar-refractivity contribution >= 4 is 23.6 Å². The molecule has 0 unspecified atom stereocenters. The molecule has 0 saturated heterocycles. The average Bonchev–Trinajstić information content (AvgIpc) is 2.62. The number of pyridine rings is 1. The van der Waals surface area contributed by atoms with Crippen molar-refractivity contribution in [2.24, 2.45) is 0 Å². The molecule has 0 aliphatic carbocycles. The Bertz CT molecular complexity index is 800. The predicted molar refractivity (Wildman–Crippen MR) is 97.6 cm³/mol. The summed E-state index contributed by atoms with van der Waals surface area (Å²) in [5.74, 6) is 0.305. The van der Waals surface area contributed by atoms with Gasteiger partial charge >= 0.3 is 0 Å². The molecule has 1 aromatic heterocycles. The highest BCUT2D eigenvalue weighted by Gasteiger charge is 2.05. The highest BCUT2D eigenvalue weighted by molar-refractivity contribution is 6.02.